The number of rotatable bonds is 5. The van der Waals surface area contributed by atoms with Gasteiger partial charge in [0.1, 0.15) is 5.56 Å². The van der Waals surface area contributed by atoms with Crippen LogP contribution in [0, 0.1) is 4.77 Å². The molecule has 2 aliphatic rings. The van der Waals surface area contributed by atoms with E-state index in [1.165, 1.54) is 37.5 Å². The first-order valence-electron chi connectivity index (χ1n) is 9.68. The fraction of sp³-hybridized carbons (Fsp3) is 0.632. The van der Waals surface area contributed by atoms with Crippen LogP contribution in [0.25, 0.3) is 0 Å². The molecule has 0 aromatic carbocycles. The van der Waals surface area contributed by atoms with Crippen LogP contribution in [0.3, 0.4) is 0 Å². The summed E-state index contributed by atoms with van der Waals surface area (Å²) in [5.74, 6) is -0.0891. The number of nitrogens with one attached hydrogen (secondary N) is 1. The molecule has 0 saturated carbocycles. The first kappa shape index (κ1) is 18.9. The molecule has 1 aliphatic heterocycles. The Kier molecular flexibility index (Phi) is 6.66. The van der Waals surface area contributed by atoms with Crippen molar-refractivity contribution in [2.24, 2.45) is 5.10 Å². The summed E-state index contributed by atoms with van der Waals surface area (Å²) in [5, 5.41) is 17.0. The lowest BCUT2D eigenvalue weighted by atomic mass is 9.97. The fourth-order valence-electron chi connectivity index (χ4n) is 3.59. The van der Waals surface area contributed by atoms with Crippen LogP contribution in [0.1, 0.15) is 63.4 Å². The molecule has 1 fully saturated rings. The van der Waals surface area contributed by atoms with Gasteiger partial charge in [-0.1, -0.05) is 24.5 Å². The molecule has 0 spiro atoms. The SMILES string of the molecule is O=c1[nH]c(=S)n(CCC2=CCCCC2)c(O)c1C=NN1CCCCCC1. The topological polar surface area (TPSA) is 73.6 Å². The van der Waals surface area contributed by atoms with Gasteiger partial charge in [0.2, 0.25) is 5.88 Å². The molecule has 0 atom stereocenters. The predicted octanol–water partition coefficient (Wildman–Crippen LogP) is 3.71. The highest BCUT2D eigenvalue weighted by molar-refractivity contribution is 7.71. The summed E-state index contributed by atoms with van der Waals surface area (Å²) in [4.78, 5) is 14.9. The van der Waals surface area contributed by atoms with Crippen LogP contribution >= 0.6 is 12.2 Å². The molecule has 1 aromatic rings. The summed E-state index contributed by atoms with van der Waals surface area (Å²) in [6, 6.07) is 0. The minimum absolute atomic E-state index is 0.0891. The van der Waals surface area contributed by atoms with Gasteiger partial charge >= 0.3 is 0 Å². The maximum absolute atomic E-state index is 12.2. The van der Waals surface area contributed by atoms with E-state index in [0.717, 1.165) is 45.2 Å². The molecule has 0 unspecified atom stereocenters. The normalized spacial score (nSPS) is 18.8. The summed E-state index contributed by atoms with van der Waals surface area (Å²) < 4.78 is 1.87. The number of hydrogen-bond acceptors (Lipinski definition) is 5. The number of H-pyrrole nitrogens is 1. The van der Waals surface area contributed by atoms with Crippen molar-refractivity contribution in [2.75, 3.05) is 13.1 Å². The maximum atomic E-state index is 12.2. The molecule has 6 nitrogen and oxygen atoms in total. The standard InChI is InChI=1S/C19H28N4O2S/c24-17-16(14-20-22-11-6-1-2-7-12-22)18(25)23(19(26)21-17)13-10-15-8-4-3-5-9-15/h8,14,25H,1-7,9-13H2,(H,21,24,26). The van der Waals surface area contributed by atoms with Crippen LogP contribution in [-0.2, 0) is 6.54 Å². The van der Waals surface area contributed by atoms with Gasteiger partial charge in [-0.25, -0.2) is 0 Å². The summed E-state index contributed by atoms with van der Waals surface area (Å²) in [5.41, 5.74) is 1.20. The Morgan fingerprint density at radius 2 is 1.96 bits per heavy atom. The number of aromatic nitrogens is 2. The molecular formula is C19H28N4O2S. The zero-order valence-corrected chi connectivity index (χ0v) is 16.1. The van der Waals surface area contributed by atoms with Crippen LogP contribution in [0.5, 0.6) is 5.88 Å². The smallest absolute Gasteiger partial charge is 0.264 e. The van der Waals surface area contributed by atoms with E-state index in [1.54, 1.807) is 4.57 Å². The quantitative estimate of drug-likeness (QED) is 0.467. The fourth-order valence-corrected chi connectivity index (χ4v) is 3.87. The van der Waals surface area contributed by atoms with Gasteiger partial charge in [0.15, 0.2) is 4.77 Å². The van der Waals surface area contributed by atoms with Crippen molar-refractivity contribution in [2.45, 2.75) is 64.3 Å². The van der Waals surface area contributed by atoms with E-state index in [-0.39, 0.29) is 21.8 Å². The first-order valence-corrected chi connectivity index (χ1v) is 10.1. The molecule has 3 rings (SSSR count). The van der Waals surface area contributed by atoms with Crippen LogP contribution in [0.15, 0.2) is 21.5 Å². The summed E-state index contributed by atoms with van der Waals surface area (Å²) in [6.45, 7) is 2.35. The lowest BCUT2D eigenvalue weighted by Gasteiger charge is -2.17. The van der Waals surface area contributed by atoms with Gasteiger partial charge in [-0.3, -0.25) is 19.4 Å². The highest BCUT2D eigenvalue weighted by Crippen LogP contribution is 2.22. The Labute approximate surface area is 159 Å². The van der Waals surface area contributed by atoms with Gasteiger partial charge in [0.25, 0.3) is 5.56 Å². The van der Waals surface area contributed by atoms with Crippen molar-refractivity contribution in [3.05, 3.63) is 32.3 Å². The van der Waals surface area contributed by atoms with E-state index in [9.17, 15) is 9.90 Å². The Bertz CT molecular complexity index is 786. The highest BCUT2D eigenvalue weighted by atomic mass is 32.1. The third kappa shape index (κ3) is 4.84. The highest BCUT2D eigenvalue weighted by Gasteiger charge is 2.13. The lowest BCUT2D eigenvalue weighted by molar-refractivity contribution is 0.302. The van der Waals surface area contributed by atoms with Crippen LogP contribution in [0.2, 0.25) is 0 Å². The third-order valence-corrected chi connectivity index (χ3v) is 5.50. The number of nitrogens with zero attached hydrogens (tertiary/aromatic N) is 3. The molecule has 0 radical (unpaired) electrons. The summed E-state index contributed by atoms with van der Waals surface area (Å²) >= 11 is 5.25. The van der Waals surface area contributed by atoms with E-state index < -0.39 is 0 Å². The average molecular weight is 377 g/mol. The van der Waals surface area contributed by atoms with Crippen molar-refractivity contribution in [3.63, 3.8) is 0 Å². The predicted molar refractivity (Wildman–Crippen MR) is 106 cm³/mol. The average Bonchev–Trinajstić information content (AvgIpc) is 2.91. The van der Waals surface area contributed by atoms with Gasteiger partial charge in [-0.15, -0.1) is 0 Å². The van der Waals surface area contributed by atoms with Crippen molar-refractivity contribution in [1.82, 2.24) is 14.6 Å². The Morgan fingerprint density at radius 1 is 1.19 bits per heavy atom. The van der Waals surface area contributed by atoms with Gasteiger partial charge in [-0.05, 0) is 57.2 Å². The second-order valence-corrected chi connectivity index (χ2v) is 7.51. The molecule has 1 saturated heterocycles. The maximum Gasteiger partial charge on any atom is 0.264 e. The van der Waals surface area contributed by atoms with Gasteiger partial charge in [-0.2, -0.15) is 5.10 Å². The van der Waals surface area contributed by atoms with E-state index in [0.29, 0.717) is 6.54 Å². The molecular weight excluding hydrogens is 348 g/mol. The second kappa shape index (κ2) is 9.16. The van der Waals surface area contributed by atoms with Crippen molar-refractivity contribution < 1.29 is 5.11 Å². The van der Waals surface area contributed by atoms with Crippen molar-refractivity contribution >= 4 is 18.4 Å². The minimum Gasteiger partial charge on any atom is -0.494 e. The Balaban J connectivity index is 1.78. The number of hydrazone groups is 1. The van der Waals surface area contributed by atoms with Crippen molar-refractivity contribution in [1.29, 1.82) is 0 Å². The molecule has 0 amide bonds. The zero-order valence-electron chi connectivity index (χ0n) is 15.2. The van der Waals surface area contributed by atoms with E-state index in [2.05, 4.69) is 16.2 Å². The number of aromatic amines is 1. The van der Waals surface area contributed by atoms with E-state index in [4.69, 9.17) is 12.2 Å². The molecule has 0 bridgehead atoms. The van der Waals surface area contributed by atoms with Gasteiger partial charge in [0, 0.05) is 19.6 Å². The van der Waals surface area contributed by atoms with Crippen LogP contribution in [0.4, 0.5) is 0 Å². The lowest BCUT2D eigenvalue weighted by Crippen LogP contribution is -2.22. The number of aromatic hydroxyl groups is 1. The molecule has 2 heterocycles. The number of hydrogen-bond donors (Lipinski definition) is 2. The van der Waals surface area contributed by atoms with Crippen molar-refractivity contribution in [3.8, 4) is 5.88 Å². The zero-order chi connectivity index (χ0) is 18.4. The first-order chi connectivity index (χ1) is 12.6. The number of allylic oxidation sites excluding steroid dienone is 2. The second-order valence-electron chi connectivity index (χ2n) is 7.12. The van der Waals surface area contributed by atoms with E-state index >= 15 is 0 Å². The van der Waals surface area contributed by atoms with Gasteiger partial charge < -0.3 is 5.11 Å². The molecule has 1 aliphatic carbocycles. The van der Waals surface area contributed by atoms with Crippen LogP contribution in [-0.4, -0.2) is 39.0 Å². The molecule has 142 valence electrons. The minimum atomic E-state index is -0.390. The third-order valence-electron chi connectivity index (χ3n) is 5.18. The monoisotopic (exact) mass is 376 g/mol. The summed E-state index contributed by atoms with van der Waals surface area (Å²) in [7, 11) is 0. The summed E-state index contributed by atoms with van der Waals surface area (Å²) in [6.07, 6.45) is 14.0. The molecule has 2 N–H and O–H groups in total. The molecule has 7 heteroatoms. The van der Waals surface area contributed by atoms with Crippen LogP contribution < -0.4 is 5.56 Å². The molecule has 1 aromatic heterocycles. The Morgan fingerprint density at radius 3 is 2.65 bits per heavy atom. The molecule has 26 heavy (non-hydrogen) atoms. The van der Waals surface area contributed by atoms with E-state index in [1.807, 2.05) is 5.01 Å². The largest absolute Gasteiger partial charge is 0.494 e. The Hall–Kier alpha value is -1.89. The van der Waals surface area contributed by atoms with Gasteiger partial charge in [0.05, 0.1) is 6.21 Å².